The monoisotopic (exact) mass is 436 g/mol. The van der Waals surface area contributed by atoms with E-state index in [1.807, 2.05) is 30.3 Å². The quantitative estimate of drug-likeness (QED) is 0.545. The number of benzene rings is 2. The van der Waals surface area contributed by atoms with Gasteiger partial charge in [0.2, 0.25) is 0 Å². The van der Waals surface area contributed by atoms with Gasteiger partial charge in [0.15, 0.2) is 6.61 Å². The number of ether oxygens (including phenoxy) is 2. The molecule has 1 amide bonds. The van der Waals surface area contributed by atoms with E-state index in [1.165, 1.54) is 12.5 Å². The summed E-state index contributed by atoms with van der Waals surface area (Å²) in [5, 5.41) is 3.74. The first kappa shape index (κ1) is 21.9. The van der Waals surface area contributed by atoms with Crippen LogP contribution in [-0.4, -0.2) is 50.2 Å². The summed E-state index contributed by atoms with van der Waals surface area (Å²) in [6.45, 7) is 4.77. The van der Waals surface area contributed by atoms with Crippen LogP contribution in [0.5, 0.6) is 11.5 Å². The number of carbonyl (C=O) groups is 1. The molecule has 0 saturated carbocycles. The largest absolute Gasteiger partial charge is 0.497 e. The molecule has 7 nitrogen and oxygen atoms in total. The van der Waals surface area contributed by atoms with E-state index in [1.54, 1.807) is 19.2 Å². The highest BCUT2D eigenvalue weighted by Crippen LogP contribution is 2.30. The molecule has 0 radical (unpaired) electrons. The zero-order valence-electron chi connectivity index (χ0n) is 18.4. The van der Waals surface area contributed by atoms with E-state index < -0.39 is 5.63 Å². The molecule has 0 spiro atoms. The van der Waals surface area contributed by atoms with Crippen LogP contribution >= 0.6 is 0 Å². The molecule has 4 rings (SSSR count). The summed E-state index contributed by atoms with van der Waals surface area (Å²) in [7, 11) is 1.61. The van der Waals surface area contributed by atoms with Gasteiger partial charge in [-0.05, 0) is 61.3 Å². The molecule has 2 aromatic carbocycles. The number of likely N-dealkylation sites (N-methyl/N-ethyl adjacent to an activating group) is 1. The van der Waals surface area contributed by atoms with Crippen LogP contribution in [0.1, 0.15) is 19.8 Å². The Kier molecular flexibility index (Phi) is 6.75. The van der Waals surface area contributed by atoms with Crippen LogP contribution in [0.2, 0.25) is 0 Å². The highest BCUT2D eigenvalue weighted by Gasteiger charge is 2.23. The lowest BCUT2D eigenvalue weighted by atomic mass is 10.0. The Balaban J connectivity index is 1.44. The zero-order chi connectivity index (χ0) is 22.5. The summed E-state index contributed by atoms with van der Waals surface area (Å²) in [6.07, 6.45) is 2.28. The van der Waals surface area contributed by atoms with Gasteiger partial charge in [-0.1, -0.05) is 19.1 Å². The first-order chi connectivity index (χ1) is 15.6. The Hall–Kier alpha value is -3.32. The first-order valence-electron chi connectivity index (χ1n) is 10.9. The zero-order valence-corrected chi connectivity index (χ0v) is 18.4. The van der Waals surface area contributed by atoms with Crippen molar-refractivity contribution in [1.29, 1.82) is 0 Å². The maximum atomic E-state index is 12.2. The summed E-state index contributed by atoms with van der Waals surface area (Å²) in [6, 6.07) is 14.6. The standard InChI is InChI=1S/C25H28N2O5/c1-3-27-12-4-5-18(27)15-26-24(28)16-31-20-10-11-21-22(14-25(29)32-23(21)13-20)17-6-8-19(30-2)9-7-17/h6-11,13-14,18H,3-5,12,15-16H2,1-2H3,(H,26,28). The molecular weight excluding hydrogens is 408 g/mol. The summed E-state index contributed by atoms with van der Waals surface area (Å²) >= 11 is 0. The molecule has 1 aliphatic heterocycles. The molecule has 2 heterocycles. The Labute approximate surface area is 186 Å². The van der Waals surface area contributed by atoms with Crippen LogP contribution < -0.4 is 20.4 Å². The van der Waals surface area contributed by atoms with Crippen molar-refractivity contribution >= 4 is 16.9 Å². The third-order valence-corrected chi connectivity index (χ3v) is 5.93. The average Bonchev–Trinajstić information content (AvgIpc) is 3.28. The van der Waals surface area contributed by atoms with Gasteiger partial charge in [0.05, 0.1) is 7.11 Å². The van der Waals surface area contributed by atoms with Gasteiger partial charge in [-0.25, -0.2) is 4.79 Å². The van der Waals surface area contributed by atoms with Crippen molar-refractivity contribution in [3.63, 3.8) is 0 Å². The van der Waals surface area contributed by atoms with Crippen LogP contribution in [0.3, 0.4) is 0 Å². The number of hydrogen-bond donors (Lipinski definition) is 1. The molecule has 1 saturated heterocycles. The van der Waals surface area contributed by atoms with E-state index in [-0.39, 0.29) is 12.5 Å². The Morgan fingerprint density at radius 2 is 1.94 bits per heavy atom. The number of likely N-dealkylation sites (tertiary alicyclic amines) is 1. The van der Waals surface area contributed by atoms with Gasteiger partial charge in [-0.2, -0.15) is 0 Å². The molecule has 0 bridgehead atoms. The molecule has 168 valence electrons. The minimum Gasteiger partial charge on any atom is -0.497 e. The van der Waals surface area contributed by atoms with Gasteiger partial charge in [0.25, 0.3) is 5.91 Å². The van der Waals surface area contributed by atoms with Crippen LogP contribution in [0.25, 0.3) is 22.1 Å². The molecule has 1 aliphatic rings. The molecule has 1 fully saturated rings. The minimum atomic E-state index is -0.449. The minimum absolute atomic E-state index is 0.0905. The highest BCUT2D eigenvalue weighted by molar-refractivity contribution is 5.93. The lowest BCUT2D eigenvalue weighted by Gasteiger charge is -2.22. The maximum Gasteiger partial charge on any atom is 0.336 e. The number of rotatable bonds is 8. The van der Waals surface area contributed by atoms with E-state index >= 15 is 0 Å². The van der Waals surface area contributed by atoms with E-state index in [0.717, 1.165) is 41.8 Å². The third kappa shape index (κ3) is 4.94. The number of nitrogens with one attached hydrogen (secondary N) is 1. The second-order valence-electron chi connectivity index (χ2n) is 7.88. The summed E-state index contributed by atoms with van der Waals surface area (Å²) in [4.78, 5) is 26.8. The molecule has 7 heteroatoms. The van der Waals surface area contributed by atoms with Crippen LogP contribution in [0.15, 0.2) is 57.7 Å². The second-order valence-corrected chi connectivity index (χ2v) is 7.88. The maximum absolute atomic E-state index is 12.2. The van der Waals surface area contributed by atoms with Gasteiger partial charge >= 0.3 is 5.63 Å². The van der Waals surface area contributed by atoms with E-state index in [4.69, 9.17) is 13.9 Å². The topological polar surface area (TPSA) is 81.0 Å². The van der Waals surface area contributed by atoms with Crippen molar-refractivity contribution in [1.82, 2.24) is 10.2 Å². The number of methoxy groups -OCH3 is 1. The molecule has 3 aromatic rings. The predicted octanol–water partition coefficient (Wildman–Crippen LogP) is 3.45. The molecule has 1 unspecified atom stereocenters. The highest BCUT2D eigenvalue weighted by atomic mass is 16.5. The van der Waals surface area contributed by atoms with Crippen molar-refractivity contribution in [2.24, 2.45) is 0 Å². The van der Waals surface area contributed by atoms with Crippen LogP contribution in [0.4, 0.5) is 0 Å². The molecule has 1 aromatic heterocycles. The number of hydrogen-bond acceptors (Lipinski definition) is 6. The van der Waals surface area contributed by atoms with Gasteiger partial charge in [-0.15, -0.1) is 0 Å². The fourth-order valence-corrected chi connectivity index (χ4v) is 4.22. The van der Waals surface area contributed by atoms with E-state index in [2.05, 4.69) is 17.1 Å². The Morgan fingerprint density at radius 3 is 2.69 bits per heavy atom. The lowest BCUT2D eigenvalue weighted by Crippen LogP contribution is -2.41. The first-order valence-corrected chi connectivity index (χ1v) is 10.9. The van der Waals surface area contributed by atoms with Gasteiger partial charge in [-0.3, -0.25) is 9.69 Å². The molecule has 0 aliphatic carbocycles. The SMILES string of the molecule is CCN1CCCC1CNC(=O)COc1ccc2c(-c3ccc(OC)cc3)cc(=O)oc2c1. The molecule has 32 heavy (non-hydrogen) atoms. The van der Waals surface area contributed by atoms with Crippen molar-refractivity contribution < 1.29 is 18.7 Å². The third-order valence-electron chi connectivity index (χ3n) is 5.93. The van der Waals surface area contributed by atoms with E-state index in [0.29, 0.717) is 23.9 Å². The molecule has 1 N–H and O–H groups in total. The predicted molar refractivity (Wildman–Crippen MR) is 123 cm³/mol. The van der Waals surface area contributed by atoms with E-state index in [9.17, 15) is 9.59 Å². The number of nitrogens with zero attached hydrogens (tertiary/aromatic N) is 1. The lowest BCUT2D eigenvalue weighted by molar-refractivity contribution is -0.123. The molecule has 1 atom stereocenters. The fourth-order valence-electron chi connectivity index (χ4n) is 4.22. The Bertz CT molecular complexity index is 1140. The van der Waals surface area contributed by atoms with Gasteiger partial charge < -0.3 is 19.2 Å². The number of amides is 1. The van der Waals surface area contributed by atoms with Gasteiger partial charge in [0, 0.05) is 30.1 Å². The van der Waals surface area contributed by atoms with Crippen LogP contribution in [0, 0.1) is 0 Å². The van der Waals surface area contributed by atoms with Gasteiger partial charge in [0.1, 0.15) is 17.1 Å². The normalized spacial score (nSPS) is 16.2. The number of carbonyl (C=O) groups excluding carboxylic acids is 1. The summed E-state index contributed by atoms with van der Waals surface area (Å²) in [5.41, 5.74) is 1.60. The summed E-state index contributed by atoms with van der Waals surface area (Å²) < 4.78 is 16.2. The number of fused-ring (bicyclic) bond motifs is 1. The fraction of sp³-hybridized carbons (Fsp3) is 0.360. The Morgan fingerprint density at radius 1 is 1.16 bits per heavy atom. The van der Waals surface area contributed by atoms with Crippen molar-refractivity contribution in [2.45, 2.75) is 25.8 Å². The van der Waals surface area contributed by atoms with Crippen LogP contribution in [-0.2, 0) is 4.79 Å². The van der Waals surface area contributed by atoms with Crippen molar-refractivity contribution in [2.75, 3.05) is 33.4 Å². The second kappa shape index (κ2) is 9.87. The average molecular weight is 437 g/mol. The summed E-state index contributed by atoms with van der Waals surface area (Å²) in [5.74, 6) is 1.05. The smallest absolute Gasteiger partial charge is 0.336 e. The molecular formula is C25H28N2O5. The van der Waals surface area contributed by atoms with Crippen molar-refractivity contribution in [3.05, 3.63) is 59.0 Å². The van der Waals surface area contributed by atoms with Crippen molar-refractivity contribution in [3.8, 4) is 22.6 Å².